The zero-order valence-electron chi connectivity index (χ0n) is 12.9. The van der Waals surface area contributed by atoms with E-state index in [0.29, 0.717) is 21.4 Å². The normalized spacial score (nSPS) is 16.0. The van der Waals surface area contributed by atoms with Crippen LogP contribution in [0.1, 0.15) is 11.3 Å². The lowest BCUT2D eigenvalue weighted by Gasteiger charge is -2.04. The van der Waals surface area contributed by atoms with Crippen LogP contribution in [0.5, 0.6) is 0 Å². The number of thioether (sulfide) groups is 1. The van der Waals surface area contributed by atoms with E-state index < -0.39 is 11.1 Å². The van der Waals surface area contributed by atoms with Gasteiger partial charge >= 0.3 is 0 Å². The van der Waals surface area contributed by atoms with Gasteiger partial charge in [0.25, 0.3) is 11.1 Å². The zero-order valence-corrected chi connectivity index (χ0v) is 14.4. The molecule has 0 radical (unpaired) electrons. The lowest BCUT2D eigenvalue weighted by molar-refractivity contribution is -0.115. The van der Waals surface area contributed by atoms with Crippen molar-refractivity contribution in [2.45, 2.75) is 6.92 Å². The van der Waals surface area contributed by atoms with E-state index in [2.05, 4.69) is 15.3 Å². The molecule has 1 saturated heterocycles. The Bertz CT molecular complexity index is 1070. The van der Waals surface area contributed by atoms with E-state index in [0.717, 1.165) is 33.8 Å². The average Bonchev–Trinajstić information content (AvgIpc) is 3.12. The fraction of sp³-hybridized carbons (Fsp3) is 0.0588. The van der Waals surface area contributed by atoms with Crippen molar-refractivity contribution in [3.8, 4) is 11.1 Å². The number of hydrogen-bond acceptors (Lipinski definition) is 6. The quantitative estimate of drug-likeness (QED) is 0.537. The Morgan fingerprint density at radius 3 is 2.80 bits per heavy atom. The molecule has 0 bridgehead atoms. The van der Waals surface area contributed by atoms with E-state index in [9.17, 15) is 9.59 Å². The number of nitrogens with zero attached hydrogens (tertiary/aromatic N) is 2. The summed E-state index contributed by atoms with van der Waals surface area (Å²) in [7, 11) is 0. The summed E-state index contributed by atoms with van der Waals surface area (Å²) in [5.74, 6) is 0.0431. The summed E-state index contributed by atoms with van der Waals surface area (Å²) in [6, 6.07) is 3.68. The van der Waals surface area contributed by atoms with E-state index >= 15 is 0 Å². The first kappa shape index (κ1) is 15.9. The SMILES string of the molecule is Cc1cc(-c2cncc3cc(/C=C4\SC(=O)NC4=O)oc23)cnc1Cl. The van der Waals surface area contributed by atoms with Gasteiger partial charge in [-0.3, -0.25) is 19.9 Å². The molecule has 0 aliphatic carbocycles. The van der Waals surface area contributed by atoms with Gasteiger partial charge in [0.05, 0.1) is 4.91 Å². The van der Waals surface area contributed by atoms with Crippen LogP contribution in [0, 0.1) is 6.92 Å². The summed E-state index contributed by atoms with van der Waals surface area (Å²) < 4.78 is 5.89. The summed E-state index contributed by atoms with van der Waals surface area (Å²) in [6.07, 6.45) is 6.56. The van der Waals surface area contributed by atoms with Gasteiger partial charge < -0.3 is 4.42 Å². The number of pyridine rings is 2. The van der Waals surface area contributed by atoms with Gasteiger partial charge in [0, 0.05) is 41.2 Å². The van der Waals surface area contributed by atoms with Crippen LogP contribution in [0.4, 0.5) is 4.79 Å². The smallest absolute Gasteiger partial charge is 0.290 e. The first-order valence-corrected chi connectivity index (χ1v) is 8.45. The van der Waals surface area contributed by atoms with Crippen molar-refractivity contribution in [1.29, 1.82) is 0 Å². The van der Waals surface area contributed by atoms with Crippen molar-refractivity contribution in [3.05, 3.63) is 52.1 Å². The Kier molecular flexibility index (Phi) is 3.82. The van der Waals surface area contributed by atoms with Crippen LogP contribution < -0.4 is 5.32 Å². The van der Waals surface area contributed by atoms with Crippen molar-refractivity contribution >= 4 is 51.6 Å². The maximum Gasteiger partial charge on any atom is 0.290 e. The molecule has 1 fully saturated rings. The molecule has 1 aliphatic rings. The second-order valence-corrected chi connectivity index (χ2v) is 6.81. The number of imide groups is 1. The summed E-state index contributed by atoms with van der Waals surface area (Å²) in [6.45, 7) is 1.87. The molecule has 2 amide bonds. The van der Waals surface area contributed by atoms with Crippen LogP contribution in [0.25, 0.3) is 28.2 Å². The number of furan rings is 1. The standard InChI is InChI=1S/C17H10ClN3O3S/c1-8-2-9(6-20-15(8)18)12-7-19-5-10-3-11(24-14(10)12)4-13-16(22)21-17(23)25-13/h2-7H,1H3,(H,21,22,23)/b13-4-. The number of amides is 2. The molecule has 0 saturated carbocycles. The van der Waals surface area contributed by atoms with Gasteiger partial charge in [0.15, 0.2) is 0 Å². The number of aromatic nitrogens is 2. The molecule has 3 aromatic heterocycles. The molecule has 124 valence electrons. The maximum atomic E-state index is 11.7. The number of hydrogen-bond donors (Lipinski definition) is 1. The highest BCUT2D eigenvalue weighted by Gasteiger charge is 2.25. The van der Waals surface area contributed by atoms with Crippen LogP contribution in [-0.2, 0) is 4.79 Å². The zero-order chi connectivity index (χ0) is 17.6. The third kappa shape index (κ3) is 2.92. The number of carbonyl (C=O) groups is 2. The van der Waals surface area contributed by atoms with Crippen molar-refractivity contribution in [2.75, 3.05) is 0 Å². The third-order valence-corrected chi connectivity index (χ3v) is 4.89. The maximum absolute atomic E-state index is 11.7. The van der Waals surface area contributed by atoms with Crippen LogP contribution >= 0.6 is 23.4 Å². The van der Waals surface area contributed by atoms with E-state index in [4.69, 9.17) is 16.0 Å². The topological polar surface area (TPSA) is 85.1 Å². The predicted octanol–water partition coefficient (Wildman–Crippen LogP) is 4.18. The molecule has 6 nitrogen and oxygen atoms in total. The minimum Gasteiger partial charge on any atom is -0.456 e. The van der Waals surface area contributed by atoms with Gasteiger partial charge in [-0.2, -0.15) is 0 Å². The fourth-order valence-corrected chi connectivity index (χ4v) is 3.28. The largest absolute Gasteiger partial charge is 0.456 e. The summed E-state index contributed by atoms with van der Waals surface area (Å²) in [5.41, 5.74) is 3.08. The molecule has 8 heteroatoms. The fourth-order valence-electron chi connectivity index (χ4n) is 2.51. The number of carbonyl (C=O) groups excluding carboxylic acids is 2. The van der Waals surface area contributed by atoms with Crippen LogP contribution in [-0.4, -0.2) is 21.1 Å². The van der Waals surface area contributed by atoms with Crippen molar-refractivity contribution < 1.29 is 14.0 Å². The van der Waals surface area contributed by atoms with Gasteiger partial charge in [0.1, 0.15) is 16.5 Å². The minimum absolute atomic E-state index is 0.294. The molecule has 3 aromatic rings. The van der Waals surface area contributed by atoms with Gasteiger partial charge in [-0.15, -0.1) is 0 Å². The molecular weight excluding hydrogens is 362 g/mol. The van der Waals surface area contributed by atoms with Crippen molar-refractivity contribution in [3.63, 3.8) is 0 Å². The van der Waals surface area contributed by atoms with Crippen molar-refractivity contribution in [2.24, 2.45) is 0 Å². The van der Waals surface area contributed by atoms with E-state index in [1.807, 2.05) is 13.0 Å². The number of nitrogens with one attached hydrogen (secondary N) is 1. The third-order valence-electron chi connectivity index (χ3n) is 3.68. The Hall–Kier alpha value is -2.64. The first-order valence-electron chi connectivity index (χ1n) is 7.26. The molecule has 0 spiro atoms. The second kappa shape index (κ2) is 6.02. The van der Waals surface area contributed by atoms with Gasteiger partial charge in [-0.25, -0.2) is 4.98 Å². The predicted molar refractivity (Wildman–Crippen MR) is 96.1 cm³/mol. The van der Waals surface area contributed by atoms with Crippen LogP contribution in [0.2, 0.25) is 5.15 Å². The number of rotatable bonds is 2. The second-order valence-electron chi connectivity index (χ2n) is 5.44. The lowest BCUT2D eigenvalue weighted by atomic mass is 10.1. The molecule has 25 heavy (non-hydrogen) atoms. The van der Waals surface area contributed by atoms with E-state index in [-0.39, 0.29) is 0 Å². The number of fused-ring (bicyclic) bond motifs is 1. The van der Waals surface area contributed by atoms with Crippen LogP contribution in [0.15, 0.2) is 40.0 Å². The van der Waals surface area contributed by atoms with Crippen LogP contribution in [0.3, 0.4) is 0 Å². The van der Waals surface area contributed by atoms with Gasteiger partial charge in [0.2, 0.25) is 0 Å². The molecule has 0 unspecified atom stereocenters. The molecule has 0 aromatic carbocycles. The van der Waals surface area contributed by atoms with E-state index in [1.54, 1.807) is 30.7 Å². The Labute approximate surface area is 151 Å². The Morgan fingerprint density at radius 1 is 1.24 bits per heavy atom. The van der Waals surface area contributed by atoms with Crippen molar-refractivity contribution in [1.82, 2.24) is 15.3 Å². The molecule has 1 N–H and O–H groups in total. The first-order chi connectivity index (χ1) is 12.0. The Morgan fingerprint density at radius 2 is 2.08 bits per heavy atom. The molecule has 0 atom stereocenters. The molecule has 4 rings (SSSR count). The molecular formula is C17H10ClN3O3S. The van der Waals surface area contributed by atoms with E-state index in [1.165, 1.54) is 0 Å². The molecule has 4 heterocycles. The van der Waals surface area contributed by atoms with Gasteiger partial charge in [-0.05, 0) is 36.4 Å². The monoisotopic (exact) mass is 371 g/mol. The summed E-state index contributed by atoms with van der Waals surface area (Å²) in [5, 5.41) is 3.05. The summed E-state index contributed by atoms with van der Waals surface area (Å²) in [4.78, 5) is 31.6. The Balaban J connectivity index is 1.81. The summed E-state index contributed by atoms with van der Waals surface area (Å²) >= 11 is 6.83. The highest BCUT2D eigenvalue weighted by Crippen LogP contribution is 2.33. The average molecular weight is 372 g/mol. The lowest BCUT2D eigenvalue weighted by Crippen LogP contribution is -2.17. The van der Waals surface area contributed by atoms with Gasteiger partial charge in [-0.1, -0.05) is 11.6 Å². The highest BCUT2D eigenvalue weighted by molar-refractivity contribution is 8.18. The highest BCUT2D eigenvalue weighted by atomic mass is 35.5. The minimum atomic E-state index is -0.425. The number of aryl methyl sites for hydroxylation is 1. The molecule has 1 aliphatic heterocycles. The number of halogens is 1.